The molecule has 2 aliphatic rings. The van der Waals surface area contributed by atoms with Gasteiger partial charge < -0.3 is 10.1 Å². The number of aromatic nitrogens is 3. The van der Waals surface area contributed by atoms with E-state index in [0.29, 0.717) is 5.92 Å². The highest BCUT2D eigenvalue weighted by molar-refractivity contribution is 6.28. The summed E-state index contributed by atoms with van der Waals surface area (Å²) in [6, 6.07) is 4.10. The van der Waals surface area contributed by atoms with Crippen molar-refractivity contribution < 1.29 is 4.74 Å². The zero-order valence-electron chi connectivity index (χ0n) is 10.5. The largest absolute Gasteiger partial charge is 0.380 e. The molecule has 0 radical (unpaired) electrons. The lowest BCUT2D eigenvalue weighted by Gasteiger charge is -2.45. The third kappa shape index (κ3) is 1.84. The predicted molar refractivity (Wildman–Crippen MR) is 71.5 cm³/mol. The quantitative estimate of drug-likeness (QED) is 0.853. The third-order valence-electron chi connectivity index (χ3n) is 4.23. The minimum absolute atomic E-state index is 0.0633. The second-order valence-corrected chi connectivity index (χ2v) is 5.94. The maximum absolute atomic E-state index is 5.84. The molecule has 19 heavy (non-hydrogen) atoms. The van der Waals surface area contributed by atoms with Gasteiger partial charge in [0.25, 0.3) is 0 Å². The molecule has 0 aliphatic carbocycles. The molecule has 2 aromatic heterocycles. The highest BCUT2D eigenvalue weighted by Gasteiger charge is 2.41. The van der Waals surface area contributed by atoms with Crippen molar-refractivity contribution in [2.24, 2.45) is 5.92 Å². The average molecular weight is 279 g/mol. The summed E-state index contributed by atoms with van der Waals surface area (Å²) in [6.45, 7) is 3.65. The number of ether oxygens (including phenoxy) is 1. The fraction of sp³-hybridized carbons (Fsp3) is 0.538. The van der Waals surface area contributed by atoms with E-state index in [-0.39, 0.29) is 10.7 Å². The molecule has 0 aromatic carbocycles. The Labute approximate surface area is 115 Å². The number of nitrogens with zero attached hydrogens (tertiary/aromatic N) is 3. The monoisotopic (exact) mass is 278 g/mol. The van der Waals surface area contributed by atoms with Gasteiger partial charge in [0.15, 0.2) is 5.65 Å². The van der Waals surface area contributed by atoms with Crippen molar-refractivity contribution in [1.29, 1.82) is 0 Å². The maximum atomic E-state index is 5.84. The van der Waals surface area contributed by atoms with Crippen LogP contribution in [0.4, 0.5) is 0 Å². The van der Waals surface area contributed by atoms with Gasteiger partial charge in [0, 0.05) is 24.7 Å². The summed E-state index contributed by atoms with van der Waals surface area (Å²) in [7, 11) is 0. The zero-order valence-corrected chi connectivity index (χ0v) is 11.2. The number of hydrogen-bond donors (Lipinski definition) is 1. The lowest BCUT2D eigenvalue weighted by atomic mass is 9.71. The second-order valence-electron chi connectivity index (χ2n) is 5.60. The first-order chi connectivity index (χ1) is 9.25. The summed E-state index contributed by atoms with van der Waals surface area (Å²) in [5.41, 5.74) is 2.09. The molecular weight excluding hydrogens is 264 g/mol. The van der Waals surface area contributed by atoms with Gasteiger partial charge in [0.1, 0.15) is 0 Å². The Morgan fingerprint density at radius 1 is 1.47 bits per heavy atom. The molecule has 1 N–H and O–H groups in total. The molecule has 0 amide bonds. The molecular formula is C13H15ClN4O. The predicted octanol–water partition coefficient (Wildman–Crippen LogP) is 1.26. The number of piperidine rings is 1. The summed E-state index contributed by atoms with van der Waals surface area (Å²) in [5, 5.41) is 8.00. The van der Waals surface area contributed by atoms with Gasteiger partial charge in [-0.05, 0) is 35.6 Å². The summed E-state index contributed by atoms with van der Waals surface area (Å²) >= 11 is 5.84. The van der Waals surface area contributed by atoms with Crippen LogP contribution in [0.2, 0.25) is 5.28 Å². The molecule has 2 saturated heterocycles. The van der Waals surface area contributed by atoms with E-state index in [4.69, 9.17) is 16.3 Å². The van der Waals surface area contributed by atoms with Crippen LogP contribution in [-0.2, 0) is 10.2 Å². The number of fused-ring (bicyclic) bond motifs is 3. The van der Waals surface area contributed by atoms with Crippen LogP contribution in [0.25, 0.3) is 5.65 Å². The SMILES string of the molecule is Clc1nc2ccc(C34CNCC(COC3)C4)cn2n1. The molecule has 5 nitrogen and oxygen atoms in total. The second kappa shape index (κ2) is 4.16. The maximum Gasteiger partial charge on any atom is 0.243 e. The Kier molecular flexibility index (Phi) is 2.55. The Balaban J connectivity index is 1.79. The van der Waals surface area contributed by atoms with E-state index in [1.807, 2.05) is 12.3 Å². The molecule has 2 aromatic rings. The molecule has 0 spiro atoms. The van der Waals surface area contributed by atoms with E-state index in [0.717, 1.165) is 32.0 Å². The molecule has 6 heteroatoms. The number of rotatable bonds is 1. The van der Waals surface area contributed by atoms with Crippen LogP contribution >= 0.6 is 11.6 Å². The minimum Gasteiger partial charge on any atom is -0.380 e. The van der Waals surface area contributed by atoms with Gasteiger partial charge in [0.05, 0.1) is 13.2 Å². The van der Waals surface area contributed by atoms with Crippen LogP contribution in [0.3, 0.4) is 0 Å². The number of nitrogens with one attached hydrogen (secondary N) is 1. The van der Waals surface area contributed by atoms with Crippen LogP contribution in [0.15, 0.2) is 18.3 Å². The molecule has 2 aliphatic heterocycles. The van der Waals surface area contributed by atoms with Gasteiger partial charge >= 0.3 is 0 Å². The van der Waals surface area contributed by atoms with E-state index < -0.39 is 0 Å². The highest BCUT2D eigenvalue weighted by atomic mass is 35.5. The first kappa shape index (κ1) is 11.6. The number of pyridine rings is 1. The Morgan fingerprint density at radius 3 is 3.37 bits per heavy atom. The Hall–Kier alpha value is -1.17. The topological polar surface area (TPSA) is 51.5 Å². The van der Waals surface area contributed by atoms with Gasteiger partial charge in [-0.2, -0.15) is 4.98 Å². The molecule has 100 valence electrons. The summed E-state index contributed by atoms with van der Waals surface area (Å²) in [4.78, 5) is 4.15. The van der Waals surface area contributed by atoms with E-state index in [2.05, 4.69) is 21.5 Å². The summed E-state index contributed by atoms with van der Waals surface area (Å²) < 4.78 is 7.55. The lowest BCUT2D eigenvalue weighted by Crippen LogP contribution is -2.54. The standard InChI is InChI=1S/C13H15ClN4O/c14-12-16-11-2-1-10(5-18(11)17-12)13-3-9(4-15-7-13)6-19-8-13/h1-2,5,9,15H,3-4,6-8H2. The van der Waals surface area contributed by atoms with Crippen molar-refractivity contribution in [1.82, 2.24) is 19.9 Å². The van der Waals surface area contributed by atoms with E-state index in [9.17, 15) is 0 Å². The lowest BCUT2D eigenvalue weighted by molar-refractivity contribution is -0.0212. The van der Waals surface area contributed by atoms with E-state index >= 15 is 0 Å². The molecule has 4 rings (SSSR count). The van der Waals surface area contributed by atoms with Crippen molar-refractivity contribution in [2.45, 2.75) is 11.8 Å². The van der Waals surface area contributed by atoms with Gasteiger partial charge in [-0.15, -0.1) is 5.10 Å². The van der Waals surface area contributed by atoms with Crippen LogP contribution in [-0.4, -0.2) is 40.9 Å². The molecule has 2 atom stereocenters. The van der Waals surface area contributed by atoms with Crippen molar-refractivity contribution in [3.05, 3.63) is 29.2 Å². The van der Waals surface area contributed by atoms with Crippen molar-refractivity contribution >= 4 is 17.2 Å². The van der Waals surface area contributed by atoms with Crippen LogP contribution in [0.5, 0.6) is 0 Å². The van der Waals surface area contributed by atoms with Gasteiger partial charge in [0.2, 0.25) is 5.28 Å². The van der Waals surface area contributed by atoms with Crippen molar-refractivity contribution in [3.63, 3.8) is 0 Å². The van der Waals surface area contributed by atoms with Crippen molar-refractivity contribution in [2.75, 3.05) is 26.3 Å². The molecule has 2 unspecified atom stereocenters. The highest BCUT2D eigenvalue weighted by Crippen LogP contribution is 2.37. The number of halogens is 1. The summed E-state index contributed by atoms with van der Waals surface area (Å²) in [5.74, 6) is 0.609. The first-order valence-electron chi connectivity index (χ1n) is 6.56. The fourth-order valence-electron chi connectivity index (χ4n) is 3.33. The first-order valence-corrected chi connectivity index (χ1v) is 6.94. The number of hydrogen-bond acceptors (Lipinski definition) is 4. The zero-order chi connectivity index (χ0) is 12.9. The summed E-state index contributed by atoms with van der Waals surface area (Å²) in [6.07, 6.45) is 3.21. The average Bonchev–Trinajstić information content (AvgIpc) is 2.78. The molecule has 2 bridgehead atoms. The third-order valence-corrected chi connectivity index (χ3v) is 4.39. The van der Waals surface area contributed by atoms with Crippen LogP contribution in [0, 0.1) is 5.92 Å². The molecule has 2 fully saturated rings. The minimum atomic E-state index is 0.0633. The van der Waals surface area contributed by atoms with Gasteiger partial charge in [-0.3, -0.25) is 0 Å². The normalized spacial score (nSPS) is 30.7. The Bertz CT molecular complexity index is 616. The van der Waals surface area contributed by atoms with Crippen LogP contribution in [0.1, 0.15) is 12.0 Å². The smallest absolute Gasteiger partial charge is 0.243 e. The van der Waals surface area contributed by atoms with Crippen LogP contribution < -0.4 is 5.32 Å². The van der Waals surface area contributed by atoms with E-state index in [1.54, 1.807) is 4.52 Å². The Morgan fingerprint density at radius 2 is 2.42 bits per heavy atom. The fourth-order valence-corrected chi connectivity index (χ4v) is 3.50. The van der Waals surface area contributed by atoms with Gasteiger partial charge in [-0.1, -0.05) is 6.07 Å². The van der Waals surface area contributed by atoms with E-state index in [1.165, 1.54) is 12.0 Å². The van der Waals surface area contributed by atoms with Crippen molar-refractivity contribution in [3.8, 4) is 0 Å². The molecule has 0 saturated carbocycles. The molecule has 4 heterocycles. The van der Waals surface area contributed by atoms with Gasteiger partial charge in [-0.25, -0.2) is 4.52 Å².